The Morgan fingerprint density at radius 3 is 2.60 bits per heavy atom. The highest BCUT2D eigenvalue weighted by Crippen LogP contribution is 2.29. The summed E-state index contributed by atoms with van der Waals surface area (Å²) < 4.78 is 6.03. The lowest BCUT2D eigenvalue weighted by Gasteiger charge is -2.09. The maximum Gasteiger partial charge on any atom is 0.160 e. The van der Waals surface area contributed by atoms with E-state index in [1.165, 1.54) is 0 Å². The zero-order valence-corrected chi connectivity index (χ0v) is 21.6. The minimum absolute atomic E-state index is 0.308. The summed E-state index contributed by atoms with van der Waals surface area (Å²) in [6.07, 6.45) is 1.71. The molecule has 9 heteroatoms. The summed E-state index contributed by atoms with van der Waals surface area (Å²) in [6, 6.07) is 31.7. The molecule has 2 N–H and O–H groups in total. The minimum Gasteiger partial charge on any atom is -0.487 e. The molecule has 0 unspecified atom stereocenters. The molecule has 9 nitrogen and oxygen atoms in total. The number of H-pyrrole nitrogens is 1. The van der Waals surface area contributed by atoms with Gasteiger partial charge in [-0.25, -0.2) is 4.98 Å². The SMILES string of the molecule is Cc1nnc(Nc2ccc3nc(-c4cccc(OCc5cnn(-c6ccccc6)n5)c4)[nH]c3c2)c2ccccc12. The van der Waals surface area contributed by atoms with Crippen molar-refractivity contribution in [3.05, 3.63) is 115 Å². The molecule has 0 spiro atoms. The molecule has 0 aliphatic rings. The van der Waals surface area contributed by atoms with Crippen LogP contribution in [0.1, 0.15) is 11.4 Å². The normalized spacial score (nSPS) is 11.2. The van der Waals surface area contributed by atoms with Gasteiger partial charge < -0.3 is 15.0 Å². The minimum atomic E-state index is 0.308. The summed E-state index contributed by atoms with van der Waals surface area (Å²) in [6.45, 7) is 2.27. The fraction of sp³-hybridized carbons (Fsp3) is 0.0645. The van der Waals surface area contributed by atoms with Crippen LogP contribution in [0.15, 0.2) is 103 Å². The first-order valence-corrected chi connectivity index (χ1v) is 12.9. The van der Waals surface area contributed by atoms with Crippen LogP contribution in [0.2, 0.25) is 0 Å². The van der Waals surface area contributed by atoms with Gasteiger partial charge >= 0.3 is 0 Å². The van der Waals surface area contributed by atoms with Gasteiger partial charge in [-0.05, 0) is 49.4 Å². The lowest BCUT2D eigenvalue weighted by atomic mass is 10.1. The average Bonchev–Trinajstić information content (AvgIpc) is 3.66. The van der Waals surface area contributed by atoms with E-state index < -0.39 is 0 Å². The molecule has 0 atom stereocenters. The molecule has 0 bridgehead atoms. The van der Waals surface area contributed by atoms with E-state index in [-0.39, 0.29) is 0 Å². The number of ether oxygens (including phenoxy) is 1. The smallest absolute Gasteiger partial charge is 0.160 e. The fourth-order valence-corrected chi connectivity index (χ4v) is 4.63. The number of fused-ring (bicyclic) bond motifs is 2. The second-order valence-electron chi connectivity index (χ2n) is 9.40. The Morgan fingerprint density at radius 2 is 1.70 bits per heavy atom. The largest absolute Gasteiger partial charge is 0.487 e. The van der Waals surface area contributed by atoms with Crippen LogP contribution in [0.4, 0.5) is 11.5 Å². The van der Waals surface area contributed by atoms with E-state index >= 15 is 0 Å². The lowest BCUT2D eigenvalue weighted by molar-refractivity contribution is 0.300. The summed E-state index contributed by atoms with van der Waals surface area (Å²) in [7, 11) is 0. The third-order valence-electron chi connectivity index (χ3n) is 6.64. The molecule has 194 valence electrons. The maximum absolute atomic E-state index is 6.03. The first-order chi connectivity index (χ1) is 19.7. The van der Waals surface area contributed by atoms with E-state index in [9.17, 15) is 0 Å². The Kier molecular flexibility index (Phi) is 5.86. The standard InChI is InChI=1S/C31H24N8O/c1-20-26-12-5-6-13-27(26)31(37-36-20)33-22-14-15-28-29(17-22)35-30(34-28)21-8-7-11-25(16-21)40-19-23-18-32-39(38-23)24-9-3-2-4-10-24/h2-18H,19H2,1H3,(H,33,37)(H,34,35). The number of hydrogen-bond donors (Lipinski definition) is 2. The molecule has 0 aliphatic carbocycles. The zero-order valence-electron chi connectivity index (χ0n) is 21.6. The molecule has 3 heterocycles. The summed E-state index contributed by atoms with van der Waals surface area (Å²) >= 11 is 0. The van der Waals surface area contributed by atoms with Crippen LogP contribution in [-0.4, -0.2) is 35.2 Å². The van der Waals surface area contributed by atoms with Crippen molar-refractivity contribution >= 4 is 33.3 Å². The van der Waals surface area contributed by atoms with Gasteiger partial charge in [0.25, 0.3) is 0 Å². The van der Waals surface area contributed by atoms with Crippen molar-refractivity contribution < 1.29 is 4.74 Å². The number of rotatable bonds is 7. The molecule has 0 radical (unpaired) electrons. The number of para-hydroxylation sites is 1. The number of nitrogens with one attached hydrogen (secondary N) is 2. The number of aromatic nitrogens is 7. The number of aryl methyl sites for hydroxylation is 1. The van der Waals surface area contributed by atoms with Gasteiger partial charge in [0.15, 0.2) is 5.82 Å². The van der Waals surface area contributed by atoms with Gasteiger partial charge in [-0.15, -0.1) is 10.2 Å². The average molecular weight is 525 g/mol. The van der Waals surface area contributed by atoms with Gasteiger partial charge in [-0.2, -0.15) is 15.0 Å². The molecular formula is C31H24N8O. The second kappa shape index (κ2) is 9.95. The molecular weight excluding hydrogens is 500 g/mol. The third kappa shape index (κ3) is 4.60. The van der Waals surface area contributed by atoms with E-state index in [2.05, 4.69) is 36.8 Å². The maximum atomic E-state index is 6.03. The van der Waals surface area contributed by atoms with E-state index in [4.69, 9.17) is 9.72 Å². The topological polar surface area (TPSA) is 106 Å². The van der Waals surface area contributed by atoms with Crippen molar-refractivity contribution in [1.82, 2.24) is 35.2 Å². The summed E-state index contributed by atoms with van der Waals surface area (Å²) in [5.74, 6) is 2.20. The molecule has 0 amide bonds. The van der Waals surface area contributed by atoms with E-state index in [1.54, 1.807) is 11.0 Å². The predicted octanol–water partition coefficient (Wildman–Crippen LogP) is 6.38. The summed E-state index contributed by atoms with van der Waals surface area (Å²) in [5.41, 5.74) is 6.14. The monoisotopic (exact) mass is 524 g/mol. The second-order valence-corrected chi connectivity index (χ2v) is 9.40. The molecule has 3 aromatic heterocycles. The molecule has 4 aromatic carbocycles. The molecule has 0 saturated heterocycles. The number of aromatic amines is 1. The van der Waals surface area contributed by atoms with Crippen molar-refractivity contribution in [2.24, 2.45) is 0 Å². The predicted molar refractivity (Wildman–Crippen MR) is 155 cm³/mol. The van der Waals surface area contributed by atoms with Crippen LogP contribution in [0.5, 0.6) is 5.75 Å². The first-order valence-electron chi connectivity index (χ1n) is 12.9. The fourth-order valence-electron chi connectivity index (χ4n) is 4.63. The van der Waals surface area contributed by atoms with Crippen LogP contribution in [0.3, 0.4) is 0 Å². The van der Waals surface area contributed by atoms with Gasteiger partial charge in [0.05, 0.1) is 28.6 Å². The highest BCUT2D eigenvalue weighted by Gasteiger charge is 2.11. The number of hydrogen-bond acceptors (Lipinski definition) is 7. The molecule has 0 saturated carbocycles. The zero-order chi connectivity index (χ0) is 26.9. The van der Waals surface area contributed by atoms with Crippen LogP contribution in [-0.2, 0) is 6.61 Å². The molecule has 0 aliphatic heterocycles. The van der Waals surface area contributed by atoms with Gasteiger partial charge in [0.1, 0.15) is 23.9 Å². The van der Waals surface area contributed by atoms with Crippen molar-refractivity contribution in [2.45, 2.75) is 13.5 Å². The van der Waals surface area contributed by atoms with Crippen LogP contribution in [0, 0.1) is 6.92 Å². The van der Waals surface area contributed by atoms with E-state index in [0.29, 0.717) is 12.4 Å². The molecule has 7 aromatic rings. The summed E-state index contributed by atoms with van der Waals surface area (Å²) in [5, 5.41) is 23.1. The Hall–Kier alpha value is -5.57. The quantitative estimate of drug-likeness (QED) is 0.249. The number of benzene rings is 4. The van der Waals surface area contributed by atoms with Gasteiger partial charge in [0, 0.05) is 22.0 Å². The number of nitrogens with zero attached hydrogens (tertiary/aromatic N) is 6. The molecule has 7 rings (SSSR count). The Balaban J connectivity index is 1.09. The Labute approximate surface area is 229 Å². The Morgan fingerprint density at radius 1 is 0.850 bits per heavy atom. The lowest BCUT2D eigenvalue weighted by Crippen LogP contribution is -2.01. The van der Waals surface area contributed by atoms with Crippen LogP contribution in [0.25, 0.3) is 38.9 Å². The van der Waals surface area contributed by atoms with Gasteiger partial charge in [0.2, 0.25) is 0 Å². The Bertz CT molecular complexity index is 1960. The first kappa shape index (κ1) is 23.5. The highest BCUT2D eigenvalue weighted by molar-refractivity contribution is 5.95. The van der Waals surface area contributed by atoms with E-state index in [0.717, 1.165) is 61.7 Å². The number of imidazole rings is 1. The van der Waals surface area contributed by atoms with Crippen molar-refractivity contribution in [2.75, 3.05) is 5.32 Å². The number of anilines is 2. The summed E-state index contributed by atoms with van der Waals surface area (Å²) in [4.78, 5) is 9.83. The van der Waals surface area contributed by atoms with Crippen molar-refractivity contribution in [3.8, 4) is 22.8 Å². The third-order valence-corrected chi connectivity index (χ3v) is 6.64. The van der Waals surface area contributed by atoms with Crippen LogP contribution < -0.4 is 10.1 Å². The van der Waals surface area contributed by atoms with E-state index in [1.807, 2.05) is 97.9 Å². The highest BCUT2D eigenvalue weighted by atomic mass is 16.5. The van der Waals surface area contributed by atoms with Crippen molar-refractivity contribution in [3.63, 3.8) is 0 Å². The molecule has 40 heavy (non-hydrogen) atoms. The van der Waals surface area contributed by atoms with Crippen LogP contribution >= 0.6 is 0 Å². The van der Waals surface area contributed by atoms with Gasteiger partial charge in [-0.3, -0.25) is 0 Å². The van der Waals surface area contributed by atoms with Crippen molar-refractivity contribution in [1.29, 1.82) is 0 Å². The molecule has 0 fully saturated rings. The van der Waals surface area contributed by atoms with Gasteiger partial charge in [-0.1, -0.05) is 54.6 Å².